The quantitative estimate of drug-likeness (QED) is 0.789. The van der Waals surface area contributed by atoms with Gasteiger partial charge in [-0.15, -0.1) is 0 Å². The molecule has 23 heavy (non-hydrogen) atoms. The van der Waals surface area contributed by atoms with Crippen LogP contribution in [0.4, 0.5) is 0 Å². The van der Waals surface area contributed by atoms with Crippen LogP contribution in [0.3, 0.4) is 0 Å². The van der Waals surface area contributed by atoms with Gasteiger partial charge < -0.3 is 15.5 Å². The SMILES string of the molecule is CC1CC(C)CN(CC(C)NC(=O)CC(C)C2CCNCC2)C1. The predicted molar refractivity (Wildman–Crippen MR) is 96.4 cm³/mol. The highest BCUT2D eigenvalue weighted by atomic mass is 16.1. The summed E-state index contributed by atoms with van der Waals surface area (Å²) < 4.78 is 0. The van der Waals surface area contributed by atoms with Crippen molar-refractivity contribution in [2.75, 3.05) is 32.7 Å². The number of rotatable bonds is 6. The Bertz CT molecular complexity index is 358. The minimum atomic E-state index is 0.238. The Kier molecular flexibility index (Phi) is 7.35. The van der Waals surface area contributed by atoms with Crippen LogP contribution in [0, 0.1) is 23.7 Å². The molecule has 4 unspecified atom stereocenters. The number of nitrogens with zero attached hydrogens (tertiary/aromatic N) is 1. The summed E-state index contributed by atoms with van der Waals surface area (Å²) in [6.45, 7) is 14.6. The summed E-state index contributed by atoms with van der Waals surface area (Å²) in [6.07, 6.45) is 4.45. The molecule has 4 nitrogen and oxygen atoms in total. The molecule has 0 aliphatic carbocycles. The number of nitrogens with one attached hydrogen (secondary N) is 2. The van der Waals surface area contributed by atoms with Crippen molar-refractivity contribution < 1.29 is 4.79 Å². The first-order valence-corrected chi connectivity index (χ1v) is 9.66. The van der Waals surface area contributed by atoms with Crippen molar-refractivity contribution >= 4 is 5.91 Å². The summed E-state index contributed by atoms with van der Waals surface area (Å²) in [5.74, 6) is 3.00. The highest BCUT2D eigenvalue weighted by Crippen LogP contribution is 2.24. The molecule has 4 atom stereocenters. The number of likely N-dealkylation sites (tertiary alicyclic amines) is 1. The highest BCUT2D eigenvalue weighted by molar-refractivity contribution is 5.76. The molecular weight excluding hydrogens is 286 g/mol. The van der Waals surface area contributed by atoms with Crippen LogP contribution in [-0.2, 0) is 4.79 Å². The average Bonchev–Trinajstić information content (AvgIpc) is 2.46. The van der Waals surface area contributed by atoms with Gasteiger partial charge in [0.25, 0.3) is 0 Å². The fourth-order valence-corrected chi connectivity index (χ4v) is 4.58. The predicted octanol–water partition coefficient (Wildman–Crippen LogP) is 2.49. The molecule has 0 spiro atoms. The Morgan fingerprint density at radius 1 is 1.17 bits per heavy atom. The van der Waals surface area contributed by atoms with E-state index in [4.69, 9.17) is 0 Å². The van der Waals surface area contributed by atoms with Crippen LogP contribution in [0.2, 0.25) is 0 Å². The second-order valence-electron chi connectivity index (χ2n) is 8.40. The molecular formula is C19H37N3O. The number of carbonyl (C=O) groups is 1. The normalized spacial score (nSPS) is 29.9. The Morgan fingerprint density at radius 2 is 1.78 bits per heavy atom. The van der Waals surface area contributed by atoms with Gasteiger partial charge in [0.15, 0.2) is 0 Å². The second-order valence-corrected chi connectivity index (χ2v) is 8.40. The maximum absolute atomic E-state index is 12.3. The van der Waals surface area contributed by atoms with E-state index in [2.05, 4.69) is 43.2 Å². The zero-order valence-corrected chi connectivity index (χ0v) is 15.6. The van der Waals surface area contributed by atoms with Crippen molar-refractivity contribution in [3.63, 3.8) is 0 Å². The van der Waals surface area contributed by atoms with Gasteiger partial charge in [0.2, 0.25) is 5.91 Å². The molecule has 2 aliphatic heterocycles. The number of amides is 1. The molecule has 2 aliphatic rings. The molecule has 134 valence electrons. The van der Waals surface area contributed by atoms with Crippen LogP contribution < -0.4 is 10.6 Å². The van der Waals surface area contributed by atoms with Gasteiger partial charge in [0.05, 0.1) is 0 Å². The molecule has 2 N–H and O–H groups in total. The van der Waals surface area contributed by atoms with Gasteiger partial charge >= 0.3 is 0 Å². The van der Waals surface area contributed by atoms with E-state index >= 15 is 0 Å². The van der Waals surface area contributed by atoms with Crippen molar-refractivity contribution in [2.24, 2.45) is 23.7 Å². The molecule has 0 saturated carbocycles. The number of hydrogen-bond acceptors (Lipinski definition) is 3. The van der Waals surface area contributed by atoms with Gasteiger partial charge in [0.1, 0.15) is 0 Å². The Labute approximate surface area is 142 Å². The molecule has 4 heteroatoms. The van der Waals surface area contributed by atoms with E-state index in [-0.39, 0.29) is 11.9 Å². The average molecular weight is 324 g/mol. The summed E-state index contributed by atoms with van der Waals surface area (Å²) in [4.78, 5) is 14.9. The largest absolute Gasteiger partial charge is 0.352 e. The number of hydrogen-bond donors (Lipinski definition) is 2. The molecule has 0 radical (unpaired) electrons. The van der Waals surface area contributed by atoms with E-state index in [1.165, 1.54) is 32.4 Å². The number of carbonyl (C=O) groups excluding carboxylic acids is 1. The molecule has 0 aromatic heterocycles. The zero-order valence-electron chi connectivity index (χ0n) is 15.6. The minimum Gasteiger partial charge on any atom is -0.352 e. The van der Waals surface area contributed by atoms with Crippen LogP contribution in [0.15, 0.2) is 0 Å². The maximum Gasteiger partial charge on any atom is 0.220 e. The van der Waals surface area contributed by atoms with Crippen LogP contribution in [0.25, 0.3) is 0 Å². The lowest BCUT2D eigenvalue weighted by Gasteiger charge is -2.36. The van der Waals surface area contributed by atoms with Crippen molar-refractivity contribution in [3.05, 3.63) is 0 Å². The lowest BCUT2D eigenvalue weighted by Crippen LogP contribution is -2.47. The summed E-state index contributed by atoms with van der Waals surface area (Å²) >= 11 is 0. The van der Waals surface area contributed by atoms with Gasteiger partial charge in [-0.2, -0.15) is 0 Å². The van der Waals surface area contributed by atoms with Crippen molar-refractivity contribution in [1.82, 2.24) is 15.5 Å². The summed E-state index contributed by atoms with van der Waals surface area (Å²) in [5.41, 5.74) is 0. The standard InChI is InChI=1S/C19H37N3O/c1-14-9-15(2)12-22(11-14)13-17(4)21-19(23)10-16(3)18-5-7-20-8-6-18/h14-18,20H,5-13H2,1-4H3,(H,21,23). The molecule has 2 fully saturated rings. The van der Waals surface area contributed by atoms with Gasteiger partial charge in [0, 0.05) is 32.1 Å². The Hall–Kier alpha value is -0.610. The van der Waals surface area contributed by atoms with Crippen LogP contribution in [0.5, 0.6) is 0 Å². The lowest BCUT2D eigenvalue weighted by atomic mass is 9.84. The maximum atomic E-state index is 12.3. The lowest BCUT2D eigenvalue weighted by molar-refractivity contribution is -0.123. The van der Waals surface area contributed by atoms with Crippen molar-refractivity contribution in [2.45, 2.75) is 59.4 Å². The minimum absolute atomic E-state index is 0.238. The highest BCUT2D eigenvalue weighted by Gasteiger charge is 2.25. The molecule has 0 aromatic carbocycles. The van der Waals surface area contributed by atoms with E-state index in [0.29, 0.717) is 18.3 Å². The van der Waals surface area contributed by atoms with Crippen LogP contribution in [0.1, 0.15) is 53.4 Å². The molecule has 0 aromatic rings. The van der Waals surface area contributed by atoms with Gasteiger partial charge in [-0.1, -0.05) is 20.8 Å². The van der Waals surface area contributed by atoms with Gasteiger partial charge in [-0.3, -0.25) is 4.79 Å². The Balaban J connectivity index is 1.69. The fraction of sp³-hybridized carbons (Fsp3) is 0.947. The van der Waals surface area contributed by atoms with E-state index in [1.54, 1.807) is 0 Å². The van der Waals surface area contributed by atoms with Gasteiger partial charge in [-0.05, 0) is 62.9 Å². The molecule has 2 heterocycles. The smallest absolute Gasteiger partial charge is 0.220 e. The fourth-order valence-electron chi connectivity index (χ4n) is 4.58. The van der Waals surface area contributed by atoms with Crippen LogP contribution >= 0.6 is 0 Å². The van der Waals surface area contributed by atoms with Crippen molar-refractivity contribution in [3.8, 4) is 0 Å². The summed E-state index contributed by atoms with van der Waals surface area (Å²) in [5, 5.41) is 6.63. The van der Waals surface area contributed by atoms with E-state index in [1.807, 2.05) is 0 Å². The van der Waals surface area contributed by atoms with E-state index < -0.39 is 0 Å². The summed E-state index contributed by atoms with van der Waals surface area (Å²) in [6, 6.07) is 0.250. The zero-order chi connectivity index (χ0) is 16.8. The first-order valence-electron chi connectivity index (χ1n) is 9.66. The third kappa shape index (κ3) is 6.42. The first-order chi connectivity index (χ1) is 10.9. The van der Waals surface area contributed by atoms with Crippen LogP contribution in [-0.4, -0.2) is 49.6 Å². The van der Waals surface area contributed by atoms with Gasteiger partial charge in [-0.25, -0.2) is 0 Å². The first kappa shape index (κ1) is 18.7. The van der Waals surface area contributed by atoms with E-state index in [9.17, 15) is 4.79 Å². The molecule has 2 saturated heterocycles. The molecule has 1 amide bonds. The topological polar surface area (TPSA) is 44.4 Å². The number of piperidine rings is 2. The molecule has 0 bridgehead atoms. The Morgan fingerprint density at radius 3 is 2.39 bits per heavy atom. The molecule has 2 rings (SSSR count). The third-order valence-corrected chi connectivity index (χ3v) is 5.58. The van der Waals surface area contributed by atoms with Crippen molar-refractivity contribution in [1.29, 1.82) is 0 Å². The second kappa shape index (κ2) is 9.03. The third-order valence-electron chi connectivity index (χ3n) is 5.58. The van der Waals surface area contributed by atoms with E-state index in [0.717, 1.165) is 31.5 Å². The monoisotopic (exact) mass is 323 g/mol. The summed E-state index contributed by atoms with van der Waals surface area (Å²) in [7, 11) is 0.